The van der Waals surface area contributed by atoms with E-state index in [1.807, 2.05) is 19.2 Å². The van der Waals surface area contributed by atoms with E-state index in [9.17, 15) is 4.79 Å². The third kappa shape index (κ3) is 5.97. The van der Waals surface area contributed by atoms with Crippen molar-refractivity contribution in [2.45, 2.75) is 39.7 Å². The summed E-state index contributed by atoms with van der Waals surface area (Å²) in [5, 5.41) is 8.77. The highest BCUT2D eigenvalue weighted by Gasteiger charge is 2.19. The van der Waals surface area contributed by atoms with E-state index in [-0.39, 0.29) is 11.3 Å². The second kappa shape index (κ2) is 7.80. The molecule has 0 radical (unpaired) electrons. The Hall–Kier alpha value is -1.86. The van der Waals surface area contributed by atoms with Crippen LogP contribution in [-0.2, 0) is 11.3 Å². The van der Waals surface area contributed by atoms with Gasteiger partial charge in [-0.1, -0.05) is 26.0 Å². The fourth-order valence-corrected chi connectivity index (χ4v) is 2.20. The Bertz CT molecular complexity index is 500. The highest BCUT2D eigenvalue weighted by Crippen LogP contribution is 2.26. The van der Waals surface area contributed by atoms with Crippen molar-refractivity contribution in [3.05, 3.63) is 35.4 Å². The molecular weight excluding hydrogens is 262 g/mol. The van der Waals surface area contributed by atoms with Crippen LogP contribution >= 0.6 is 0 Å². The van der Waals surface area contributed by atoms with E-state index in [4.69, 9.17) is 11.0 Å². The third-order valence-electron chi connectivity index (χ3n) is 3.77. The molecule has 1 aromatic carbocycles. The van der Waals surface area contributed by atoms with E-state index in [0.29, 0.717) is 25.1 Å². The number of nitrogens with zero attached hydrogens (tertiary/aromatic N) is 2. The Balaban J connectivity index is 2.49. The van der Waals surface area contributed by atoms with Gasteiger partial charge in [0.1, 0.15) is 0 Å². The smallest absolute Gasteiger partial charge is 0.222 e. The lowest BCUT2D eigenvalue weighted by Gasteiger charge is -2.25. The molecule has 0 heterocycles. The molecule has 0 aliphatic rings. The van der Waals surface area contributed by atoms with Crippen LogP contribution in [0.25, 0.3) is 0 Å². The fraction of sp³-hybridized carbons (Fsp3) is 0.529. The van der Waals surface area contributed by atoms with E-state index in [1.165, 1.54) is 0 Å². The Morgan fingerprint density at radius 1 is 1.29 bits per heavy atom. The molecule has 0 aliphatic carbocycles. The predicted octanol–water partition coefficient (Wildman–Crippen LogP) is 2.67. The SMILES string of the molecule is CN(Cc1ccc(C#N)cc1)C(=O)CCC(C)(C)CCN. The summed E-state index contributed by atoms with van der Waals surface area (Å²) >= 11 is 0. The number of hydrogen-bond acceptors (Lipinski definition) is 3. The van der Waals surface area contributed by atoms with E-state index >= 15 is 0 Å². The summed E-state index contributed by atoms with van der Waals surface area (Å²) in [6.07, 6.45) is 2.32. The van der Waals surface area contributed by atoms with E-state index in [1.54, 1.807) is 17.0 Å². The monoisotopic (exact) mass is 287 g/mol. The largest absolute Gasteiger partial charge is 0.341 e. The molecule has 1 rings (SSSR count). The normalized spacial score (nSPS) is 11.0. The maximum Gasteiger partial charge on any atom is 0.222 e. The summed E-state index contributed by atoms with van der Waals surface area (Å²) in [6.45, 7) is 5.52. The van der Waals surface area contributed by atoms with Crippen LogP contribution in [0.1, 0.15) is 44.2 Å². The average molecular weight is 287 g/mol. The number of hydrogen-bond donors (Lipinski definition) is 1. The molecule has 2 N–H and O–H groups in total. The van der Waals surface area contributed by atoms with Crippen molar-refractivity contribution < 1.29 is 4.79 Å². The number of nitrogens with two attached hydrogens (primary N) is 1. The Morgan fingerprint density at radius 3 is 2.43 bits per heavy atom. The maximum absolute atomic E-state index is 12.2. The van der Waals surface area contributed by atoms with Gasteiger partial charge in [0.25, 0.3) is 0 Å². The lowest BCUT2D eigenvalue weighted by Crippen LogP contribution is -2.28. The van der Waals surface area contributed by atoms with Crippen LogP contribution in [0.2, 0.25) is 0 Å². The molecule has 1 amide bonds. The van der Waals surface area contributed by atoms with Gasteiger partial charge in [0.2, 0.25) is 5.91 Å². The number of carbonyl (C=O) groups is 1. The van der Waals surface area contributed by atoms with Gasteiger partial charge in [0.15, 0.2) is 0 Å². The lowest BCUT2D eigenvalue weighted by atomic mass is 9.84. The quantitative estimate of drug-likeness (QED) is 0.838. The molecule has 0 fully saturated rings. The van der Waals surface area contributed by atoms with Gasteiger partial charge in [0, 0.05) is 20.0 Å². The highest BCUT2D eigenvalue weighted by molar-refractivity contribution is 5.75. The van der Waals surface area contributed by atoms with Crippen LogP contribution in [-0.4, -0.2) is 24.4 Å². The Labute approximate surface area is 127 Å². The fourth-order valence-electron chi connectivity index (χ4n) is 2.20. The molecule has 0 unspecified atom stereocenters. The summed E-state index contributed by atoms with van der Waals surface area (Å²) in [4.78, 5) is 13.9. The zero-order valence-corrected chi connectivity index (χ0v) is 13.2. The van der Waals surface area contributed by atoms with Crippen molar-refractivity contribution in [3.8, 4) is 6.07 Å². The van der Waals surface area contributed by atoms with Crippen molar-refractivity contribution in [3.63, 3.8) is 0 Å². The third-order valence-corrected chi connectivity index (χ3v) is 3.77. The first-order valence-electron chi connectivity index (χ1n) is 7.31. The zero-order chi connectivity index (χ0) is 15.9. The van der Waals surface area contributed by atoms with Crippen molar-refractivity contribution in [2.75, 3.05) is 13.6 Å². The topological polar surface area (TPSA) is 70.1 Å². The molecule has 4 nitrogen and oxygen atoms in total. The van der Waals surface area contributed by atoms with Gasteiger partial charge in [-0.05, 0) is 42.5 Å². The molecule has 0 spiro atoms. The highest BCUT2D eigenvalue weighted by atomic mass is 16.2. The second-order valence-corrected chi connectivity index (χ2v) is 6.26. The molecule has 0 saturated carbocycles. The van der Waals surface area contributed by atoms with Gasteiger partial charge >= 0.3 is 0 Å². The van der Waals surface area contributed by atoms with Crippen molar-refractivity contribution in [1.29, 1.82) is 5.26 Å². The van der Waals surface area contributed by atoms with Crippen molar-refractivity contribution in [1.82, 2.24) is 4.90 Å². The molecule has 4 heteroatoms. The molecule has 0 atom stereocenters. The van der Waals surface area contributed by atoms with Crippen molar-refractivity contribution >= 4 is 5.91 Å². The number of benzene rings is 1. The summed E-state index contributed by atoms with van der Waals surface area (Å²) in [6, 6.07) is 9.42. The molecule has 1 aromatic rings. The summed E-state index contributed by atoms with van der Waals surface area (Å²) < 4.78 is 0. The van der Waals surface area contributed by atoms with Gasteiger partial charge in [-0.25, -0.2) is 0 Å². The first kappa shape index (κ1) is 17.2. The first-order chi connectivity index (χ1) is 9.88. The van der Waals surface area contributed by atoms with Gasteiger partial charge in [-0.3, -0.25) is 4.79 Å². The van der Waals surface area contributed by atoms with Gasteiger partial charge in [0.05, 0.1) is 11.6 Å². The molecule has 0 aromatic heterocycles. The number of nitriles is 1. The number of carbonyl (C=O) groups excluding carboxylic acids is 1. The second-order valence-electron chi connectivity index (χ2n) is 6.26. The summed E-state index contributed by atoms with van der Waals surface area (Å²) in [5.74, 6) is 0.143. The molecule has 21 heavy (non-hydrogen) atoms. The van der Waals surface area contributed by atoms with Crippen molar-refractivity contribution in [2.24, 2.45) is 11.1 Å². The van der Waals surface area contributed by atoms with Gasteiger partial charge < -0.3 is 10.6 Å². The van der Waals surface area contributed by atoms with E-state index in [0.717, 1.165) is 18.4 Å². The van der Waals surface area contributed by atoms with Crippen LogP contribution in [0.5, 0.6) is 0 Å². The van der Waals surface area contributed by atoms with Crippen LogP contribution in [0.15, 0.2) is 24.3 Å². The Morgan fingerprint density at radius 2 is 1.90 bits per heavy atom. The molecular formula is C17H25N3O. The first-order valence-corrected chi connectivity index (χ1v) is 7.31. The minimum absolute atomic E-state index is 0.111. The molecule has 114 valence electrons. The minimum atomic E-state index is 0.111. The standard InChI is InChI=1S/C17H25N3O/c1-17(2,10-11-18)9-8-16(21)20(3)13-15-6-4-14(12-19)5-7-15/h4-7H,8-11,13,18H2,1-3H3. The summed E-state index contributed by atoms with van der Waals surface area (Å²) in [5.41, 5.74) is 7.37. The van der Waals surface area contributed by atoms with Crippen LogP contribution in [0.3, 0.4) is 0 Å². The van der Waals surface area contributed by atoms with Gasteiger partial charge in [-0.15, -0.1) is 0 Å². The van der Waals surface area contributed by atoms with E-state index < -0.39 is 0 Å². The van der Waals surface area contributed by atoms with E-state index in [2.05, 4.69) is 19.9 Å². The predicted molar refractivity (Wildman–Crippen MR) is 84.3 cm³/mol. The minimum Gasteiger partial charge on any atom is -0.341 e. The molecule has 0 bridgehead atoms. The summed E-state index contributed by atoms with van der Waals surface area (Å²) in [7, 11) is 1.82. The van der Waals surface area contributed by atoms with Crippen LogP contribution in [0.4, 0.5) is 0 Å². The molecule has 0 saturated heterocycles. The average Bonchev–Trinajstić information content (AvgIpc) is 2.45. The van der Waals surface area contributed by atoms with Crippen LogP contribution < -0.4 is 5.73 Å². The van der Waals surface area contributed by atoms with Crippen LogP contribution in [0, 0.1) is 16.7 Å². The maximum atomic E-state index is 12.2. The van der Waals surface area contributed by atoms with Gasteiger partial charge in [-0.2, -0.15) is 5.26 Å². The number of amides is 1. The zero-order valence-electron chi connectivity index (χ0n) is 13.2. The number of rotatable bonds is 7. The Kier molecular flexibility index (Phi) is 6.39. The lowest BCUT2D eigenvalue weighted by molar-refractivity contribution is -0.131. The molecule has 0 aliphatic heterocycles.